The van der Waals surface area contributed by atoms with Crippen LogP contribution in [-0.4, -0.2) is 28.0 Å². The number of rotatable bonds is 6. The minimum absolute atomic E-state index is 0.156. The van der Waals surface area contributed by atoms with Crippen molar-refractivity contribution in [3.8, 4) is 0 Å². The van der Waals surface area contributed by atoms with Gasteiger partial charge in [0.25, 0.3) is 5.91 Å². The number of benzene rings is 2. The second kappa shape index (κ2) is 8.61. The molecule has 30 heavy (non-hydrogen) atoms. The number of halogens is 1. The van der Waals surface area contributed by atoms with E-state index in [4.69, 9.17) is 0 Å². The van der Waals surface area contributed by atoms with E-state index in [0.717, 1.165) is 11.6 Å². The first-order chi connectivity index (χ1) is 14.2. The first kappa shape index (κ1) is 21.4. The Balaban J connectivity index is 1.85. The van der Waals surface area contributed by atoms with Gasteiger partial charge in [0, 0.05) is 12.1 Å². The standard InChI is InChI=1S/C24H26FN3O2/c1-16-8-10-17(11-9-16)12-13-26-23(30)21-20(15-27-28(21)24(2,3)4)22(29)18-6-5-7-19(25)14-18/h5-11,14-15H,12-13H2,1-4H3,(H,26,30). The normalized spacial score (nSPS) is 11.4. The van der Waals surface area contributed by atoms with Gasteiger partial charge in [-0.15, -0.1) is 0 Å². The van der Waals surface area contributed by atoms with E-state index in [2.05, 4.69) is 10.4 Å². The van der Waals surface area contributed by atoms with Crippen molar-refractivity contribution in [1.82, 2.24) is 15.1 Å². The highest BCUT2D eigenvalue weighted by Gasteiger charge is 2.29. The van der Waals surface area contributed by atoms with Crippen LogP contribution in [0.4, 0.5) is 4.39 Å². The molecular formula is C24H26FN3O2. The van der Waals surface area contributed by atoms with Gasteiger partial charge in [-0.25, -0.2) is 4.39 Å². The van der Waals surface area contributed by atoms with E-state index in [9.17, 15) is 14.0 Å². The molecule has 0 saturated heterocycles. The number of nitrogens with zero attached hydrogens (tertiary/aromatic N) is 2. The van der Waals surface area contributed by atoms with Crippen molar-refractivity contribution >= 4 is 11.7 Å². The molecule has 0 unspecified atom stereocenters. The molecule has 0 aliphatic heterocycles. The highest BCUT2D eigenvalue weighted by Crippen LogP contribution is 2.22. The van der Waals surface area contributed by atoms with Crippen LogP contribution in [0, 0.1) is 12.7 Å². The Morgan fingerprint density at radius 3 is 2.43 bits per heavy atom. The maximum atomic E-state index is 13.6. The third-order valence-electron chi connectivity index (χ3n) is 4.77. The van der Waals surface area contributed by atoms with E-state index in [0.29, 0.717) is 13.0 Å². The molecule has 2 aromatic carbocycles. The summed E-state index contributed by atoms with van der Waals surface area (Å²) in [6.07, 6.45) is 2.05. The highest BCUT2D eigenvalue weighted by molar-refractivity contribution is 6.14. The predicted octanol–water partition coefficient (Wildman–Crippen LogP) is 4.29. The molecule has 0 saturated carbocycles. The largest absolute Gasteiger partial charge is 0.350 e. The van der Waals surface area contributed by atoms with Crippen LogP contribution in [0.15, 0.2) is 54.7 Å². The van der Waals surface area contributed by atoms with Gasteiger partial charge in [0.1, 0.15) is 11.5 Å². The molecule has 0 fully saturated rings. The van der Waals surface area contributed by atoms with Crippen LogP contribution < -0.4 is 5.32 Å². The summed E-state index contributed by atoms with van der Waals surface area (Å²) >= 11 is 0. The van der Waals surface area contributed by atoms with Gasteiger partial charge in [-0.05, 0) is 51.8 Å². The van der Waals surface area contributed by atoms with Crippen LogP contribution in [0.5, 0.6) is 0 Å². The number of carbonyl (C=O) groups excluding carboxylic acids is 2. The Morgan fingerprint density at radius 2 is 1.80 bits per heavy atom. The minimum Gasteiger partial charge on any atom is -0.350 e. The van der Waals surface area contributed by atoms with E-state index in [-0.39, 0.29) is 22.7 Å². The summed E-state index contributed by atoms with van der Waals surface area (Å²) < 4.78 is 15.1. The fourth-order valence-corrected chi connectivity index (χ4v) is 3.19. The molecular weight excluding hydrogens is 381 g/mol. The topological polar surface area (TPSA) is 64.0 Å². The smallest absolute Gasteiger partial charge is 0.270 e. The van der Waals surface area contributed by atoms with Crippen molar-refractivity contribution in [2.45, 2.75) is 39.7 Å². The van der Waals surface area contributed by atoms with Crippen LogP contribution in [0.2, 0.25) is 0 Å². The fraction of sp³-hybridized carbons (Fsp3) is 0.292. The maximum absolute atomic E-state index is 13.6. The van der Waals surface area contributed by atoms with Crippen LogP contribution in [-0.2, 0) is 12.0 Å². The summed E-state index contributed by atoms with van der Waals surface area (Å²) in [4.78, 5) is 26.0. The van der Waals surface area contributed by atoms with Crippen molar-refractivity contribution in [3.05, 3.63) is 88.5 Å². The Hall–Kier alpha value is -3.28. The van der Waals surface area contributed by atoms with Crippen LogP contribution in [0.1, 0.15) is 58.3 Å². The molecule has 0 aliphatic carbocycles. The number of aromatic nitrogens is 2. The van der Waals surface area contributed by atoms with E-state index in [1.165, 1.54) is 30.0 Å². The lowest BCUT2D eigenvalue weighted by atomic mass is 10.0. The minimum atomic E-state index is -0.510. The summed E-state index contributed by atoms with van der Waals surface area (Å²) in [7, 11) is 0. The van der Waals surface area contributed by atoms with E-state index in [1.54, 1.807) is 4.68 Å². The molecule has 0 radical (unpaired) electrons. The number of amides is 1. The Bertz CT molecular complexity index is 1060. The van der Waals surface area contributed by atoms with Gasteiger partial charge < -0.3 is 5.32 Å². The average Bonchev–Trinajstić information content (AvgIpc) is 3.14. The second-order valence-corrected chi connectivity index (χ2v) is 8.32. The van der Waals surface area contributed by atoms with Gasteiger partial charge in [0.05, 0.1) is 17.3 Å². The average molecular weight is 407 g/mol. The molecule has 0 spiro atoms. The second-order valence-electron chi connectivity index (χ2n) is 8.32. The zero-order chi connectivity index (χ0) is 21.9. The number of ketones is 1. The number of hydrogen-bond donors (Lipinski definition) is 1. The van der Waals surface area contributed by atoms with Gasteiger partial charge in [-0.1, -0.05) is 42.0 Å². The Kier molecular flexibility index (Phi) is 6.15. The molecule has 0 atom stereocenters. The molecule has 1 N–H and O–H groups in total. The van der Waals surface area contributed by atoms with Gasteiger partial charge in [-0.3, -0.25) is 14.3 Å². The van der Waals surface area contributed by atoms with Gasteiger partial charge in [-0.2, -0.15) is 5.10 Å². The van der Waals surface area contributed by atoms with Crippen molar-refractivity contribution in [3.63, 3.8) is 0 Å². The van der Waals surface area contributed by atoms with Crippen molar-refractivity contribution in [2.75, 3.05) is 6.54 Å². The molecule has 0 bridgehead atoms. The first-order valence-corrected chi connectivity index (χ1v) is 9.89. The number of hydrogen-bond acceptors (Lipinski definition) is 3. The van der Waals surface area contributed by atoms with E-state index in [1.807, 2.05) is 52.0 Å². The first-order valence-electron chi connectivity index (χ1n) is 9.89. The molecule has 3 rings (SSSR count). The van der Waals surface area contributed by atoms with Gasteiger partial charge in [0.2, 0.25) is 0 Å². The third-order valence-corrected chi connectivity index (χ3v) is 4.77. The Labute approximate surface area is 175 Å². The van der Waals surface area contributed by atoms with E-state index < -0.39 is 17.1 Å². The highest BCUT2D eigenvalue weighted by atomic mass is 19.1. The molecule has 1 amide bonds. The molecule has 5 nitrogen and oxygen atoms in total. The third kappa shape index (κ3) is 4.82. The summed E-state index contributed by atoms with van der Waals surface area (Å²) in [6.45, 7) is 8.15. The van der Waals surface area contributed by atoms with Gasteiger partial charge >= 0.3 is 0 Å². The van der Waals surface area contributed by atoms with Crippen LogP contribution in [0.25, 0.3) is 0 Å². The Morgan fingerprint density at radius 1 is 1.10 bits per heavy atom. The molecule has 3 aromatic rings. The number of carbonyl (C=O) groups is 2. The summed E-state index contributed by atoms with van der Waals surface area (Å²) in [5.74, 6) is -1.32. The maximum Gasteiger partial charge on any atom is 0.270 e. The fourth-order valence-electron chi connectivity index (χ4n) is 3.19. The summed E-state index contributed by atoms with van der Waals surface area (Å²) in [5.41, 5.74) is 2.30. The van der Waals surface area contributed by atoms with Crippen LogP contribution >= 0.6 is 0 Å². The van der Waals surface area contributed by atoms with Crippen molar-refractivity contribution in [1.29, 1.82) is 0 Å². The predicted molar refractivity (Wildman–Crippen MR) is 114 cm³/mol. The molecule has 156 valence electrons. The summed E-state index contributed by atoms with van der Waals surface area (Å²) in [6, 6.07) is 13.5. The lowest BCUT2D eigenvalue weighted by molar-refractivity contribution is 0.0925. The van der Waals surface area contributed by atoms with Crippen molar-refractivity contribution in [2.24, 2.45) is 0 Å². The lowest BCUT2D eigenvalue weighted by Gasteiger charge is -2.22. The summed E-state index contributed by atoms with van der Waals surface area (Å²) in [5, 5.41) is 7.19. The molecule has 0 aliphatic rings. The SMILES string of the molecule is Cc1ccc(CCNC(=O)c2c(C(=O)c3cccc(F)c3)cnn2C(C)(C)C)cc1. The van der Waals surface area contributed by atoms with Gasteiger partial charge in [0.15, 0.2) is 5.78 Å². The molecule has 1 heterocycles. The number of nitrogens with one attached hydrogen (secondary N) is 1. The lowest BCUT2D eigenvalue weighted by Crippen LogP contribution is -2.34. The molecule has 1 aromatic heterocycles. The zero-order valence-electron chi connectivity index (χ0n) is 17.7. The van der Waals surface area contributed by atoms with E-state index >= 15 is 0 Å². The van der Waals surface area contributed by atoms with Crippen LogP contribution in [0.3, 0.4) is 0 Å². The molecule has 6 heteroatoms. The van der Waals surface area contributed by atoms with Crippen molar-refractivity contribution < 1.29 is 14.0 Å². The zero-order valence-corrected chi connectivity index (χ0v) is 17.7. The monoisotopic (exact) mass is 407 g/mol. The number of aryl methyl sites for hydroxylation is 1. The quantitative estimate of drug-likeness (QED) is 0.620.